The highest BCUT2D eigenvalue weighted by Crippen LogP contribution is 2.61. The van der Waals surface area contributed by atoms with Crippen molar-refractivity contribution in [1.82, 2.24) is 0 Å². The lowest BCUT2D eigenvalue weighted by atomic mass is 9.48. The third-order valence-electron chi connectivity index (χ3n) is 9.88. The van der Waals surface area contributed by atoms with Gasteiger partial charge in [0.1, 0.15) is 18.3 Å². The van der Waals surface area contributed by atoms with E-state index in [0.29, 0.717) is 24.8 Å². The molecule has 0 saturated heterocycles. The third-order valence-corrected chi connectivity index (χ3v) is 9.88. The average molecular weight is 605 g/mol. The van der Waals surface area contributed by atoms with E-state index in [1.807, 2.05) is 27.7 Å². The summed E-state index contributed by atoms with van der Waals surface area (Å²) in [6, 6.07) is 0. The van der Waals surface area contributed by atoms with Gasteiger partial charge in [-0.1, -0.05) is 46.8 Å². The first-order valence-electron chi connectivity index (χ1n) is 15.2. The third kappa shape index (κ3) is 6.53. The molecule has 0 radical (unpaired) electrons. The van der Waals surface area contributed by atoms with E-state index in [4.69, 9.17) is 23.7 Å². The smallest absolute Gasteiger partial charge is 0.308 e. The second-order valence-electron chi connectivity index (χ2n) is 13.2. The standard InChI is InChI=1S/C33H48O10/c1-12-16(2)31(38)43-28-23-14-13-17(3)26(32(23,9)10)29(41-21(7)36)30(42-22(8)37)33(11)25(40-20(6)35)15-24(39-19(5)34)18(4)27(28)33/h16,23-25,27-30H,4,12-15H2,1-3,5-11H3/t16?,23?,24-,25-,27-,28+,29+,30-,33+/m0/s1. The zero-order chi connectivity index (χ0) is 32.6. The van der Waals surface area contributed by atoms with Crippen LogP contribution in [0, 0.1) is 28.6 Å². The lowest BCUT2D eigenvalue weighted by molar-refractivity contribution is -0.229. The highest BCUT2D eigenvalue weighted by Gasteiger charge is 2.67. The van der Waals surface area contributed by atoms with Crippen LogP contribution in [0.4, 0.5) is 0 Å². The van der Waals surface area contributed by atoms with Crippen LogP contribution in [0.15, 0.2) is 23.3 Å². The fourth-order valence-corrected chi connectivity index (χ4v) is 7.77. The van der Waals surface area contributed by atoms with Gasteiger partial charge < -0.3 is 23.7 Å². The van der Waals surface area contributed by atoms with Crippen molar-refractivity contribution in [2.24, 2.45) is 28.6 Å². The Kier molecular flexibility index (Phi) is 10.2. The first-order chi connectivity index (χ1) is 19.9. The SMILES string of the molecule is C=C1[C@@H](OC(C)=O)C[C@H](OC(C)=O)[C@@]2(C)[C@@H](OC(C)=O)[C@H](OC(C)=O)C3=C(C)CCC([C@@H](OC(=O)C(C)CC)[C@H]12)C3(C)C. The Morgan fingerprint density at radius 3 is 1.95 bits per heavy atom. The lowest BCUT2D eigenvalue weighted by Gasteiger charge is -2.61. The molecule has 0 spiro atoms. The van der Waals surface area contributed by atoms with Crippen LogP contribution in [0.5, 0.6) is 0 Å². The zero-order valence-corrected chi connectivity index (χ0v) is 27.2. The van der Waals surface area contributed by atoms with Crippen LogP contribution < -0.4 is 0 Å². The van der Waals surface area contributed by atoms with E-state index in [-0.39, 0.29) is 12.3 Å². The molecule has 9 atom stereocenters. The van der Waals surface area contributed by atoms with Gasteiger partial charge in [-0.05, 0) is 42.7 Å². The van der Waals surface area contributed by atoms with E-state index in [1.165, 1.54) is 27.7 Å². The summed E-state index contributed by atoms with van der Waals surface area (Å²) in [5.74, 6) is -4.28. The van der Waals surface area contributed by atoms with Crippen LogP contribution in [0.1, 0.15) is 94.9 Å². The van der Waals surface area contributed by atoms with Crippen molar-refractivity contribution in [3.05, 3.63) is 23.3 Å². The Labute approximate surface area is 254 Å². The fourth-order valence-electron chi connectivity index (χ4n) is 7.77. The van der Waals surface area contributed by atoms with Crippen LogP contribution in [0.3, 0.4) is 0 Å². The maximum absolute atomic E-state index is 13.6. The van der Waals surface area contributed by atoms with Gasteiger partial charge in [0.25, 0.3) is 0 Å². The predicted molar refractivity (Wildman–Crippen MR) is 156 cm³/mol. The quantitative estimate of drug-likeness (QED) is 0.222. The van der Waals surface area contributed by atoms with Gasteiger partial charge in [-0.2, -0.15) is 0 Å². The van der Waals surface area contributed by atoms with Gasteiger partial charge in [0, 0.05) is 46.0 Å². The second kappa shape index (κ2) is 12.8. The van der Waals surface area contributed by atoms with Crippen LogP contribution in [0.25, 0.3) is 0 Å². The minimum Gasteiger partial charge on any atom is -0.462 e. The summed E-state index contributed by atoms with van der Waals surface area (Å²) in [5.41, 5.74) is 0.184. The maximum Gasteiger partial charge on any atom is 0.308 e. The first-order valence-corrected chi connectivity index (χ1v) is 15.2. The minimum atomic E-state index is -1.33. The van der Waals surface area contributed by atoms with Crippen molar-refractivity contribution >= 4 is 29.8 Å². The van der Waals surface area contributed by atoms with Crippen LogP contribution >= 0.6 is 0 Å². The Bertz CT molecular complexity index is 1200. The molecule has 0 aliphatic heterocycles. The van der Waals surface area contributed by atoms with E-state index in [2.05, 4.69) is 6.58 Å². The van der Waals surface area contributed by atoms with Gasteiger partial charge in [0.15, 0.2) is 12.2 Å². The monoisotopic (exact) mass is 604 g/mol. The molecule has 0 heterocycles. The molecular formula is C33H48O10. The number of hydrogen-bond donors (Lipinski definition) is 0. The molecule has 240 valence electrons. The molecule has 3 aliphatic rings. The lowest BCUT2D eigenvalue weighted by Crippen LogP contribution is -2.68. The number of carbonyl (C=O) groups is 5. The van der Waals surface area contributed by atoms with Gasteiger partial charge in [-0.3, -0.25) is 24.0 Å². The fraction of sp³-hybridized carbons (Fsp3) is 0.727. The molecule has 0 aromatic rings. The molecule has 2 fully saturated rings. The van der Waals surface area contributed by atoms with Crippen molar-refractivity contribution in [3.63, 3.8) is 0 Å². The van der Waals surface area contributed by atoms with E-state index in [9.17, 15) is 24.0 Å². The molecule has 3 rings (SSSR count). The van der Waals surface area contributed by atoms with Crippen molar-refractivity contribution in [2.75, 3.05) is 0 Å². The highest BCUT2D eigenvalue weighted by molar-refractivity contribution is 5.72. The molecule has 2 bridgehead atoms. The van der Waals surface area contributed by atoms with Crippen molar-refractivity contribution < 1.29 is 47.7 Å². The van der Waals surface area contributed by atoms with Crippen molar-refractivity contribution in [3.8, 4) is 0 Å². The molecule has 3 aliphatic carbocycles. The summed E-state index contributed by atoms with van der Waals surface area (Å²) in [4.78, 5) is 63.9. The van der Waals surface area contributed by atoms with Gasteiger partial charge >= 0.3 is 29.8 Å². The molecule has 0 aromatic carbocycles. The van der Waals surface area contributed by atoms with Gasteiger partial charge in [0.2, 0.25) is 0 Å². The summed E-state index contributed by atoms with van der Waals surface area (Å²) in [6.07, 6.45) is -3.07. The van der Waals surface area contributed by atoms with Gasteiger partial charge in [-0.15, -0.1) is 0 Å². The number of hydrogen-bond acceptors (Lipinski definition) is 10. The highest BCUT2D eigenvalue weighted by atomic mass is 16.6. The van der Waals surface area contributed by atoms with Gasteiger partial charge in [0.05, 0.1) is 11.3 Å². The topological polar surface area (TPSA) is 132 Å². The number of esters is 5. The largest absolute Gasteiger partial charge is 0.462 e. The van der Waals surface area contributed by atoms with Crippen LogP contribution in [-0.2, 0) is 47.7 Å². The number of allylic oxidation sites excluding steroid dienone is 1. The van der Waals surface area contributed by atoms with E-state index >= 15 is 0 Å². The molecule has 0 N–H and O–H groups in total. The zero-order valence-electron chi connectivity index (χ0n) is 27.2. The maximum atomic E-state index is 13.6. The molecule has 43 heavy (non-hydrogen) atoms. The summed E-state index contributed by atoms with van der Waals surface area (Å²) >= 11 is 0. The first kappa shape index (κ1) is 34.3. The summed E-state index contributed by atoms with van der Waals surface area (Å²) in [5, 5.41) is 0. The number of rotatable bonds is 7. The summed E-state index contributed by atoms with van der Waals surface area (Å²) in [7, 11) is 0. The Morgan fingerprint density at radius 1 is 0.884 bits per heavy atom. The van der Waals surface area contributed by atoms with Crippen molar-refractivity contribution in [1.29, 1.82) is 0 Å². The second-order valence-corrected chi connectivity index (χ2v) is 13.2. The Balaban J connectivity index is 2.47. The predicted octanol–water partition coefficient (Wildman–Crippen LogP) is 5.02. The molecule has 2 unspecified atom stereocenters. The summed E-state index contributed by atoms with van der Waals surface area (Å²) < 4.78 is 30.3. The van der Waals surface area contributed by atoms with Crippen LogP contribution in [0.2, 0.25) is 0 Å². The van der Waals surface area contributed by atoms with Crippen LogP contribution in [-0.4, -0.2) is 60.4 Å². The normalized spacial score (nSPS) is 34.0. The van der Waals surface area contributed by atoms with E-state index in [0.717, 1.165) is 11.1 Å². The Morgan fingerprint density at radius 2 is 1.44 bits per heavy atom. The molecule has 0 aromatic heterocycles. The van der Waals surface area contributed by atoms with E-state index < -0.39 is 83.0 Å². The van der Waals surface area contributed by atoms with Gasteiger partial charge in [-0.25, -0.2) is 0 Å². The number of fused-ring (bicyclic) bond motifs is 3. The molecule has 2 saturated carbocycles. The van der Waals surface area contributed by atoms with E-state index in [1.54, 1.807) is 13.8 Å². The Hall–Kier alpha value is -3.17. The number of ether oxygens (including phenoxy) is 5. The summed E-state index contributed by atoms with van der Waals surface area (Å²) in [6.45, 7) is 21.0. The molecule has 0 amide bonds. The minimum absolute atomic E-state index is 0.0215. The average Bonchev–Trinajstić information content (AvgIpc) is 2.87. The van der Waals surface area contributed by atoms with Crippen molar-refractivity contribution in [2.45, 2.75) is 125 Å². The molecular weight excluding hydrogens is 556 g/mol. The molecule has 10 nitrogen and oxygen atoms in total. The number of carbonyl (C=O) groups excluding carboxylic acids is 5. The molecule has 10 heteroatoms.